The molecule has 0 radical (unpaired) electrons. The number of nitrogens with one attached hydrogen (secondary N) is 1. The van der Waals surface area contributed by atoms with Crippen LogP contribution in [0.4, 0.5) is 17.1 Å². The minimum atomic E-state index is -0.0239. The lowest BCUT2D eigenvalue weighted by Gasteiger charge is -2.18. The van der Waals surface area contributed by atoms with Gasteiger partial charge in [0.2, 0.25) is 5.91 Å². The van der Waals surface area contributed by atoms with Crippen molar-refractivity contribution >= 4 is 35.4 Å². The molecule has 0 aromatic heterocycles. The smallest absolute Gasteiger partial charge is 0.228 e. The normalized spacial score (nSPS) is 13.5. The molecule has 5 heteroatoms. The van der Waals surface area contributed by atoms with Gasteiger partial charge in [0.15, 0.2) is 0 Å². The van der Waals surface area contributed by atoms with E-state index in [1.165, 1.54) is 18.5 Å². The first-order chi connectivity index (χ1) is 10.7. The fraction of sp³-hybridized carbons (Fsp3) is 0.278. The van der Waals surface area contributed by atoms with E-state index in [0.29, 0.717) is 12.1 Å². The summed E-state index contributed by atoms with van der Waals surface area (Å²) >= 11 is 0. The monoisotopic (exact) mass is 331 g/mol. The number of hydrogen-bond acceptors (Lipinski definition) is 3. The Labute approximate surface area is 143 Å². The van der Waals surface area contributed by atoms with Gasteiger partial charge in [0.25, 0.3) is 0 Å². The van der Waals surface area contributed by atoms with Gasteiger partial charge in [0.1, 0.15) is 0 Å². The SMILES string of the molecule is Cl.Nc1cccc(CC(=O)Nc2cccc(N3CCCC3)c2)c1. The Morgan fingerprint density at radius 1 is 1.09 bits per heavy atom. The number of hydrogen-bond donors (Lipinski definition) is 2. The third-order valence-corrected chi connectivity index (χ3v) is 3.92. The maximum atomic E-state index is 12.2. The molecule has 2 aromatic carbocycles. The van der Waals surface area contributed by atoms with E-state index in [2.05, 4.69) is 16.3 Å². The molecule has 0 aliphatic carbocycles. The van der Waals surface area contributed by atoms with E-state index in [1.807, 2.05) is 42.5 Å². The average molecular weight is 332 g/mol. The fourth-order valence-electron chi connectivity index (χ4n) is 2.85. The van der Waals surface area contributed by atoms with E-state index in [9.17, 15) is 4.79 Å². The average Bonchev–Trinajstić information content (AvgIpc) is 3.01. The molecule has 1 aliphatic rings. The molecule has 1 saturated heterocycles. The number of amides is 1. The summed E-state index contributed by atoms with van der Waals surface area (Å²) in [5, 5.41) is 2.97. The molecule has 4 nitrogen and oxygen atoms in total. The lowest BCUT2D eigenvalue weighted by molar-refractivity contribution is -0.115. The molecule has 23 heavy (non-hydrogen) atoms. The second-order valence-electron chi connectivity index (χ2n) is 5.71. The summed E-state index contributed by atoms with van der Waals surface area (Å²) < 4.78 is 0. The van der Waals surface area contributed by atoms with Crippen molar-refractivity contribution in [1.82, 2.24) is 0 Å². The Morgan fingerprint density at radius 2 is 1.83 bits per heavy atom. The summed E-state index contributed by atoms with van der Waals surface area (Å²) in [7, 11) is 0. The summed E-state index contributed by atoms with van der Waals surface area (Å²) in [6, 6.07) is 15.5. The molecule has 0 bridgehead atoms. The summed E-state index contributed by atoms with van der Waals surface area (Å²) in [5.41, 5.74) is 9.37. The van der Waals surface area contributed by atoms with Gasteiger partial charge in [-0.1, -0.05) is 18.2 Å². The van der Waals surface area contributed by atoms with E-state index in [1.54, 1.807) is 0 Å². The highest BCUT2D eigenvalue weighted by Crippen LogP contribution is 2.23. The van der Waals surface area contributed by atoms with E-state index in [4.69, 9.17) is 5.73 Å². The van der Waals surface area contributed by atoms with Crippen LogP contribution in [0, 0.1) is 0 Å². The number of nitrogens with two attached hydrogens (primary N) is 1. The van der Waals surface area contributed by atoms with Crippen molar-refractivity contribution < 1.29 is 4.79 Å². The van der Waals surface area contributed by atoms with E-state index in [-0.39, 0.29) is 18.3 Å². The number of rotatable bonds is 4. The van der Waals surface area contributed by atoms with Gasteiger partial charge in [0.05, 0.1) is 6.42 Å². The largest absolute Gasteiger partial charge is 0.399 e. The molecule has 3 rings (SSSR count). The Hall–Kier alpha value is -2.20. The lowest BCUT2D eigenvalue weighted by Crippen LogP contribution is -2.18. The van der Waals surface area contributed by atoms with Gasteiger partial charge in [-0.25, -0.2) is 0 Å². The Balaban J connectivity index is 0.00000192. The number of nitrogen functional groups attached to an aromatic ring is 1. The highest BCUT2D eigenvalue weighted by Gasteiger charge is 2.13. The summed E-state index contributed by atoms with van der Waals surface area (Å²) in [6.07, 6.45) is 2.82. The zero-order chi connectivity index (χ0) is 15.4. The summed E-state index contributed by atoms with van der Waals surface area (Å²) in [6.45, 7) is 2.20. The summed E-state index contributed by atoms with van der Waals surface area (Å²) in [4.78, 5) is 14.5. The van der Waals surface area contributed by atoms with Crippen molar-refractivity contribution in [1.29, 1.82) is 0 Å². The fourth-order valence-corrected chi connectivity index (χ4v) is 2.85. The van der Waals surface area contributed by atoms with Crippen molar-refractivity contribution in [2.75, 3.05) is 29.0 Å². The number of carbonyl (C=O) groups is 1. The van der Waals surface area contributed by atoms with Gasteiger partial charge in [-0.2, -0.15) is 0 Å². The van der Waals surface area contributed by atoms with Gasteiger partial charge in [0, 0.05) is 30.2 Å². The molecular weight excluding hydrogens is 310 g/mol. The number of benzene rings is 2. The molecule has 1 fully saturated rings. The zero-order valence-electron chi connectivity index (χ0n) is 13.0. The molecule has 0 spiro atoms. The maximum absolute atomic E-state index is 12.2. The van der Waals surface area contributed by atoms with Crippen LogP contribution in [0.15, 0.2) is 48.5 Å². The molecule has 0 atom stereocenters. The third kappa shape index (κ3) is 4.63. The first kappa shape index (κ1) is 17.2. The van der Waals surface area contributed by atoms with Crippen LogP contribution in [-0.2, 0) is 11.2 Å². The minimum absolute atomic E-state index is 0. The van der Waals surface area contributed by atoms with Crippen molar-refractivity contribution in [3.8, 4) is 0 Å². The van der Waals surface area contributed by atoms with E-state index >= 15 is 0 Å². The predicted molar refractivity (Wildman–Crippen MR) is 98.3 cm³/mol. The molecule has 3 N–H and O–H groups in total. The number of carbonyl (C=O) groups excluding carboxylic acids is 1. The van der Waals surface area contributed by atoms with Gasteiger partial charge >= 0.3 is 0 Å². The van der Waals surface area contributed by atoms with E-state index in [0.717, 1.165) is 24.3 Å². The van der Waals surface area contributed by atoms with Gasteiger partial charge in [-0.3, -0.25) is 4.79 Å². The Kier molecular flexibility index (Phi) is 5.88. The number of nitrogens with zero attached hydrogens (tertiary/aromatic N) is 1. The molecule has 1 heterocycles. The van der Waals surface area contributed by atoms with Crippen molar-refractivity contribution in [2.24, 2.45) is 0 Å². The molecule has 1 aliphatic heterocycles. The maximum Gasteiger partial charge on any atom is 0.228 e. The number of halogens is 1. The highest BCUT2D eigenvalue weighted by molar-refractivity contribution is 5.92. The first-order valence-electron chi connectivity index (χ1n) is 7.70. The molecule has 2 aromatic rings. The van der Waals surface area contributed by atoms with Crippen molar-refractivity contribution in [3.05, 3.63) is 54.1 Å². The van der Waals surface area contributed by atoms with Crippen LogP contribution in [0.1, 0.15) is 18.4 Å². The van der Waals surface area contributed by atoms with Gasteiger partial charge in [-0.05, 0) is 48.7 Å². The minimum Gasteiger partial charge on any atom is -0.399 e. The third-order valence-electron chi connectivity index (χ3n) is 3.92. The van der Waals surface area contributed by atoms with Crippen molar-refractivity contribution in [2.45, 2.75) is 19.3 Å². The first-order valence-corrected chi connectivity index (χ1v) is 7.70. The van der Waals surface area contributed by atoms with Gasteiger partial charge < -0.3 is 16.0 Å². The van der Waals surface area contributed by atoms with Crippen LogP contribution in [0.2, 0.25) is 0 Å². The molecule has 1 amide bonds. The topological polar surface area (TPSA) is 58.4 Å². The van der Waals surface area contributed by atoms with Crippen LogP contribution in [-0.4, -0.2) is 19.0 Å². The Morgan fingerprint density at radius 3 is 2.57 bits per heavy atom. The number of anilines is 3. The van der Waals surface area contributed by atoms with Crippen LogP contribution >= 0.6 is 12.4 Å². The highest BCUT2D eigenvalue weighted by atomic mass is 35.5. The molecule has 0 saturated carbocycles. The van der Waals surface area contributed by atoms with Crippen LogP contribution < -0.4 is 16.0 Å². The molecule has 0 unspecified atom stereocenters. The van der Waals surface area contributed by atoms with E-state index < -0.39 is 0 Å². The molecule has 122 valence electrons. The summed E-state index contributed by atoms with van der Waals surface area (Å²) in [5.74, 6) is -0.0239. The standard InChI is InChI=1S/C18H21N3O.ClH/c19-15-6-3-5-14(11-15)12-18(22)20-16-7-4-8-17(13-16)21-9-1-2-10-21;/h3-8,11,13H,1-2,9-10,12,19H2,(H,20,22);1H. The lowest BCUT2D eigenvalue weighted by atomic mass is 10.1. The second kappa shape index (κ2) is 7.88. The molecular formula is C18H22ClN3O. The Bertz CT molecular complexity index is 669. The predicted octanol–water partition coefficient (Wildman–Crippen LogP) is 3.47. The second-order valence-corrected chi connectivity index (χ2v) is 5.71. The van der Waals surface area contributed by atoms with Crippen LogP contribution in [0.25, 0.3) is 0 Å². The van der Waals surface area contributed by atoms with Gasteiger partial charge in [-0.15, -0.1) is 12.4 Å². The van der Waals surface area contributed by atoms with Crippen LogP contribution in [0.5, 0.6) is 0 Å². The van der Waals surface area contributed by atoms with Crippen molar-refractivity contribution in [3.63, 3.8) is 0 Å². The zero-order valence-corrected chi connectivity index (χ0v) is 13.8. The van der Waals surface area contributed by atoms with Crippen LogP contribution in [0.3, 0.4) is 0 Å². The quantitative estimate of drug-likeness (QED) is 0.843.